The molecule has 9 nitrogen and oxygen atoms in total. The first-order valence-corrected chi connectivity index (χ1v) is 31.1. The van der Waals surface area contributed by atoms with Crippen LogP contribution in [0.25, 0.3) is 0 Å². The Kier molecular flexibility index (Phi) is 57.0. The average molecular weight is 1080 g/mol. The third-order valence-electron chi connectivity index (χ3n) is 11.6. The van der Waals surface area contributed by atoms with Crippen molar-refractivity contribution in [2.45, 2.75) is 213 Å². The van der Waals surface area contributed by atoms with Gasteiger partial charge in [0.25, 0.3) is 0 Å². The molecule has 0 aliphatic carbocycles. The molecule has 0 amide bonds. The summed E-state index contributed by atoms with van der Waals surface area (Å²) in [6.45, 7) is 3.51. The van der Waals surface area contributed by atoms with Crippen molar-refractivity contribution in [1.29, 1.82) is 0 Å². The molecule has 0 spiro atoms. The molecule has 77 heavy (non-hydrogen) atoms. The second-order valence-corrected chi connectivity index (χ2v) is 20.2. The monoisotopic (exact) mass is 1080 g/mol. The van der Waals surface area contributed by atoms with Gasteiger partial charge in [0.05, 0.1) is 13.2 Å². The zero-order valence-corrected chi connectivity index (χ0v) is 49.0. The molecule has 0 aliphatic rings. The SMILES string of the molecule is CC/C=C\C/C=C\C/C=C\C/C=C\C/C=C\C/C=C\C/C=C\C/C=C\C/C=C\C/C=C\C/C=C\C/C=C\CCCCC(=O)OC(COC(=O)CCCCCCCCC/C=C\C/C=C\CCCCC)COP(=O)(O)OCCN. The van der Waals surface area contributed by atoms with E-state index in [0.717, 1.165) is 122 Å². The summed E-state index contributed by atoms with van der Waals surface area (Å²) in [5, 5.41) is 0. The number of carbonyl (C=O) groups is 2. The predicted molar refractivity (Wildman–Crippen MR) is 329 cm³/mol. The van der Waals surface area contributed by atoms with Gasteiger partial charge in [-0.1, -0.05) is 229 Å². The highest BCUT2D eigenvalue weighted by Gasteiger charge is 2.26. The van der Waals surface area contributed by atoms with Gasteiger partial charge < -0.3 is 20.1 Å². The molecule has 10 heteroatoms. The Morgan fingerprint density at radius 2 is 0.714 bits per heavy atom. The summed E-state index contributed by atoms with van der Waals surface area (Å²) in [6.07, 6.45) is 89.9. The Balaban J connectivity index is 4.12. The van der Waals surface area contributed by atoms with Gasteiger partial charge in [0, 0.05) is 19.4 Å². The lowest BCUT2D eigenvalue weighted by Gasteiger charge is -2.19. The lowest BCUT2D eigenvalue weighted by atomic mass is 10.1. The summed E-state index contributed by atoms with van der Waals surface area (Å²) in [5.41, 5.74) is 5.37. The zero-order valence-electron chi connectivity index (χ0n) is 48.1. The Labute approximate surface area is 470 Å². The minimum atomic E-state index is -4.41. The van der Waals surface area contributed by atoms with Crippen molar-refractivity contribution in [3.63, 3.8) is 0 Å². The number of esters is 2. The molecular weight excluding hydrogens is 978 g/mol. The number of phosphoric acid groups is 1. The highest BCUT2D eigenvalue weighted by molar-refractivity contribution is 7.47. The number of rotatable bonds is 53. The molecule has 0 aliphatic heterocycles. The molecule has 0 aromatic rings. The number of carbonyl (C=O) groups excluding carboxylic acids is 2. The van der Waals surface area contributed by atoms with Crippen molar-refractivity contribution >= 4 is 19.8 Å². The van der Waals surface area contributed by atoms with Gasteiger partial charge in [-0.25, -0.2) is 4.57 Å². The smallest absolute Gasteiger partial charge is 0.462 e. The van der Waals surface area contributed by atoms with Gasteiger partial charge >= 0.3 is 19.8 Å². The van der Waals surface area contributed by atoms with E-state index in [9.17, 15) is 19.0 Å². The van der Waals surface area contributed by atoms with Crippen LogP contribution in [0.1, 0.15) is 206 Å². The van der Waals surface area contributed by atoms with E-state index in [0.29, 0.717) is 12.8 Å². The molecule has 0 aromatic heterocycles. The van der Waals surface area contributed by atoms with Crippen molar-refractivity contribution in [2.24, 2.45) is 5.73 Å². The van der Waals surface area contributed by atoms with Gasteiger partial charge in [-0.2, -0.15) is 0 Å². The molecule has 3 N–H and O–H groups in total. The van der Waals surface area contributed by atoms with E-state index in [-0.39, 0.29) is 32.6 Å². The number of hydrogen-bond donors (Lipinski definition) is 2. The van der Waals surface area contributed by atoms with E-state index >= 15 is 0 Å². The van der Waals surface area contributed by atoms with Crippen LogP contribution in [0.3, 0.4) is 0 Å². The molecule has 0 heterocycles. The Bertz CT molecular complexity index is 1860. The van der Waals surface area contributed by atoms with Crippen LogP contribution in [-0.4, -0.2) is 49.3 Å². The summed E-state index contributed by atoms with van der Waals surface area (Å²) in [4.78, 5) is 35.1. The molecule has 0 rings (SSSR count). The van der Waals surface area contributed by atoms with Crippen LogP contribution in [0, 0.1) is 0 Å². The largest absolute Gasteiger partial charge is 0.472 e. The van der Waals surface area contributed by atoms with Crippen molar-refractivity contribution < 1.29 is 37.6 Å². The number of nitrogens with two attached hydrogens (primary N) is 1. The van der Waals surface area contributed by atoms with Crippen LogP contribution in [0.4, 0.5) is 0 Å². The zero-order chi connectivity index (χ0) is 55.9. The average Bonchev–Trinajstić information content (AvgIpc) is 3.42. The fourth-order valence-corrected chi connectivity index (χ4v) is 8.00. The first kappa shape index (κ1) is 72.4. The van der Waals surface area contributed by atoms with Crippen molar-refractivity contribution in [3.8, 4) is 0 Å². The summed E-state index contributed by atoms with van der Waals surface area (Å²) in [7, 11) is -4.41. The summed E-state index contributed by atoms with van der Waals surface area (Å²) >= 11 is 0. The van der Waals surface area contributed by atoms with E-state index in [1.54, 1.807) is 0 Å². The molecular formula is C67H106NO8P. The summed E-state index contributed by atoms with van der Waals surface area (Å²) in [6, 6.07) is 0. The quantitative estimate of drug-likeness (QED) is 0.0264. The number of unbranched alkanes of at least 4 members (excludes halogenated alkanes) is 12. The molecule has 0 aromatic carbocycles. The minimum absolute atomic E-state index is 0.0357. The third kappa shape index (κ3) is 60.5. The Morgan fingerprint density at radius 1 is 0.403 bits per heavy atom. The second-order valence-electron chi connectivity index (χ2n) is 18.8. The summed E-state index contributed by atoms with van der Waals surface area (Å²) < 4.78 is 32.9. The van der Waals surface area contributed by atoms with E-state index in [1.165, 1.54) is 44.9 Å². The van der Waals surface area contributed by atoms with Crippen LogP contribution >= 0.6 is 7.82 Å². The van der Waals surface area contributed by atoms with Crippen LogP contribution in [-0.2, 0) is 32.7 Å². The van der Waals surface area contributed by atoms with Gasteiger partial charge in [0.2, 0.25) is 0 Å². The summed E-state index contributed by atoms with van der Waals surface area (Å²) in [5.74, 6) is -0.902. The van der Waals surface area contributed by atoms with Crippen LogP contribution in [0.2, 0.25) is 0 Å². The van der Waals surface area contributed by atoms with E-state index in [4.69, 9.17) is 24.3 Å². The maximum Gasteiger partial charge on any atom is 0.472 e. The van der Waals surface area contributed by atoms with Gasteiger partial charge in [0.15, 0.2) is 6.10 Å². The lowest BCUT2D eigenvalue weighted by Crippen LogP contribution is -2.29. The van der Waals surface area contributed by atoms with Gasteiger partial charge in [0.1, 0.15) is 6.61 Å². The number of ether oxygens (including phenoxy) is 2. The Hall–Kier alpha value is -4.63. The van der Waals surface area contributed by atoms with Gasteiger partial charge in [-0.3, -0.25) is 18.6 Å². The van der Waals surface area contributed by atoms with E-state index < -0.39 is 32.5 Å². The molecule has 2 unspecified atom stereocenters. The number of hydrogen-bond acceptors (Lipinski definition) is 8. The first-order valence-electron chi connectivity index (χ1n) is 29.6. The molecule has 0 saturated heterocycles. The van der Waals surface area contributed by atoms with E-state index in [2.05, 4.69) is 184 Å². The molecule has 0 saturated carbocycles. The fraction of sp³-hybridized carbons (Fsp3) is 0.552. The Morgan fingerprint density at radius 3 is 1.09 bits per heavy atom. The van der Waals surface area contributed by atoms with Crippen molar-refractivity contribution in [3.05, 3.63) is 170 Å². The second kappa shape index (κ2) is 60.6. The van der Waals surface area contributed by atoms with Crippen molar-refractivity contribution in [1.82, 2.24) is 0 Å². The highest BCUT2D eigenvalue weighted by Crippen LogP contribution is 2.43. The third-order valence-corrected chi connectivity index (χ3v) is 12.6. The highest BCUT2D eigenvalue weighted by atomic mass is 31.2. The molecule has 0 fully saturated rings. The standard InChI is InChI=1S/C67H106NO8P/c1-3-5-7-9-11-13-15-17-19-21-22-23-24-25-26-27-28-29-30-31-32-33-34-35-36-37-38-39-40-41-42-44-46-48-50-52-54-56-58-60-67(70)76-65(64-75-77(71,72)74-62-61-68)63-73-66(69)59-57-55-53-51-49-47-45-43-20-18-16-14-12-10-8-6-4-2/h5,7,11-14,17-20,22-23,25-26,28-29,31-32,34-35,37-38,40-41,44,46,50,52,65H,3-4,6,8-10,15-16,21,24,27,30,33,36,39,42-43,45,47-49,51,53-64,68H2,1-2H3,(H,71,72)/b7-5-,13-11-,14-12-,19-17-,20-18-,23-22-,26-25-,29-28-,32-31-,35-34-,38-37-,41-40-,46-44-,52-50-. The van der Waals surface area contributed by atoms with Gasteiger partial charge in [-0.05, 0) is 135 Å². The van der Waals surface area contributed by atoms with Crippen LogP contribution in [0.5, 0.6) is 0 Å². The van der Waals surface area contributed by atoms with Gasteiger partial charge in [-0.15, -0.1) is 0 Å². The van der Waals surface area contributed by atoms with Crippen molar-refractivity contribution in [2.75, 3.05) is 26.4 Å². The maximum atomic E-state index is 12.7. The molecule has 432 valence electrons. The van der Waals surface area contributed by atoms with Crippen LogP contribution in [0.15, 0.2) is 170 Å². The lowest BCUT2D eigenvalue weighted by molar-refractivity contribution is -0.161. The van der Waals surface area contributed by atoms with Crippen LogP contribution < -0.4 is 5.73 Å². The normalized spacial score (nSPS) is 14.3. The number of allylic oxidation sites excluding steroid dienone is 28. The molecule has 2 atom stereocenters. The predicted octanol–water partition coefficient (Wildman–Crippen LogP) is 19.1. The topological polar surface area (TPSA) is 134 Å². The maximum absolute atomic E-state index is 12.7. The van der Waals surface area contributed by atoms with E-state index in [1.807, 2.05) is 0 Å². The first-order chi connectivity index (χ1) is 37.8. The molecule has 0 radical (unpaired) electrons. The minimum Gasteiger partial charge on any atom is -0.462 e. The fourth-order valence-electron chi connectivity index (χ4n) is 7.23. The molecule has 0 bridgehead atoms. The number of phosphoric ester groups is 1.